The number of aliphatic imine (C=N–C) groups is 1. The maximum atomic E-state index is 14.0. The molecule has 0 aromatic heterocycles. The van der Waals surface area contributed by atoms with Crippen LogP contribution in [0.1, 0.15) is 30.1 Å². The third kappa shape index (κ3) is 5.48. The van der Waals surface area contributed by atoms with Crippen molar-refractivity contribution in [1.82, 2.24) is 4.90 Å². The third-order valence-electron chi connectivity index (χ3n) is 6.01. The molecule has 0 spiro atoms. The molecule has 186 valence electrons. The molecule has 2 aromatic rings. The first kappa shape index (κ1) is 25.5. The van der Waals surface area contributed by atoms with Crippen LogP contribution in [0.5, 0.6) is 5.75 Å². The molecule has 1 N–H and O–H groups in total. The van der Waals surface area contributed by atoms with E-state index in [2.05, 4.69) is 6.58 Å². The van der Waals surface area contributed by atoms with Gasteiger partial charge in [-0.25, -0.2) is 4.99 Å². The molecule has 2 atom stereocenters. The Kier molecular flexibility index (Phi) is 8.34. The third-order valence-corrected chi connectivity index (χ3v) is 6.57. The number of benzene rings is 2. The van der Waals surface area contributed by atoms with Crippen molar-refractivity contribution in [2.45, 2.75) is 24.5 Å². The molecule has 0 saturated carbocycles. The highest BCUT2D eigenvalue weighted by molar-refractivity contribution is 6.35. The number of halogens is 2. The summed E-state index contributed by atoms with van der Waals surface area (Å²) in [6, 6.07) is 12.4. The van der Waals surface area contributed by atoms with Crippen LogP contribution in [0.15, 0.2) is 60.1 Å². The smallest absolute Gasteiger partial charge is 0.255 e. The lowest BCUT2D eigenvalue weighted by molar-refractivity contribution is -0.143. The molecule has 0 bridgehead atoms. The summed E-state index contributed by atoms with van der Waals surface area (Å²) in [4.78, 5) is 20.6. The van der Waals surface area contributed by atoms with Crippen LogP contribution in [0.25, 0.3) is 0 Å². The summed E-state index contributed by atoms with van der Waals surface area (Å²) in [5.74, 6) is 0.849. The molecule has 2 aromatic carbocycles. The standard InChI is InChI=1S/C26H28Cl2N2O5/c1-2-10-26(25(32)30-11-15-33-16-12-30)23(21-9-6-19(27)17-22(21)28)35-24(29-26)18-4-7-20(8-5-18)34-14-3-13-31/h2,4-9,17,23,31H,1,3,10-16H2/t23-,26-/m1/s1. The minimum atomic E-state index is -1.28. The number of rotatable bonds is 9. The molecule has 0 aliphatic carbocycles. The Hall–Kier alpha value is -2.58. The molecular weight excluding hydrogens is 491 g/mol. The predicted octanol–water partition coefficient (Wildman–Crippen LogP) is 4.45. The quantitative estimate of drug-likeness (QED) is 0.391. The number of aliphatic hydroxyl groups is 1. The molecule has 2 aliphatic rings. The van der Waals surface area contributed by atoms with Crippen molar-refractivity contribution < 1.29 is 24.1 Å². The van der Waals surface area contributed by atoms with Crippen molar-refractivity contribution in [1.29, 1.82) is 0 Å². The normalized spacial score (nSPS) is 21.9. The van der Waals surface area contributed by atoms with Crippen LogP contribution in [0, 0.1) is 0 Å². The van der Waals surface area contributed by atoms with Crippen LogP contribution < -0.4 is 4.74 Å². The van der Waals surface area contributed by atoms with Gasteiger partial charge in [0.15, 0.2) is 11.6 Å². The predicted molar refractivity (Wildman–Crippen MR) is 135 cm³/mol. The number of nitrogens with zero attached hydrogens (tertiary/aromatic N) is 2. The molecule has 1 saturated heterocycles. The molecule has 4 rings (SSSR count). The Bertz CT molecular complexity index is 1090. The van der Waals surface area contributed by atoms with E-state index in [0.29, 0.717) is 72.2 Å². The van der Waals surface area contributed by atoms with Crippen LogP contribution in [0.4, 0.5) is 0 Å². The Labute approximate surface area is 214 Å². The van der Waals surface area contributed by atoms with E-state index in [1.807, 2.05) is 12.1 Å². The van der Waals surface area contributed by atoms with Gasteiger partial charge in [-0.2, -0.15) is 0 Å². The minimum Gasteiger partial charge on any atom is -0.494 e. The number of aliphatic hydroxyl groups excluding tert-OH is 1. The second-order valence-corrected chi connectivity index (χ2v) is 9.20. The number of ether oxygens (including phenoxy) is 3. The summed E-state index contributed by atoms with van der Waals surface area (Å²) in [6.07, 6.45) is 1.73. The van der Waals surface area contributed by atoms with Crippen molar-refractivity contribution in [3.63, 3.8) is 0 Å². The number of morpholine rings is 1. The van der Waals surface area contributed by atoms with Crippen LogP contribution in [-0.4, -0.2) is 66.9 Å². The van der Waals surface area contributed by atoms with Crippen molar-refractivity contribution in [3.8, 4) is 5.75 Å². The first-order valence-electron chi connectivity index (χ1n) is 11.5. The molecular formula is C26H28Cl2N2O5. The molecule has 2 aliphatic heterocycles. The summed E-state index contributed by atoms with van der Waals surface area (Å²) in [6.45, 7) is 6.28. The summed E-state index contributed by atoms with van der Waals surface area (Å²) in [5, 5.41) is 9.83. The van der Waals surface area contributed by atoms with E-state index in [4.69, 9.17) is 47.5 Å². The van der Waals surface area contributed by atoms with Gasteiger partial charge in [0.05, 0.1) is 19.8 Å². The maximum Gasteiger partial charge on any atom is 0.255 e. The zero-order chi connectivity index (χ0) is 24.8. The van der Waals surface area contributed by atoms with Crippen molar-refractivity contribution >= 4 is 35.0 Å². The number of amides is 1. The first-order valence-corrected chi connectivity index (χ1v) is 12.3. The highest BCUT2D eigenvalue weighted by Crippen LogP contribution is 2.46. The van der Waals surface area contributed by atoms with Gasteiger partial charge < -0.3 is 24.2 Å². The van der Waals surface area contributed by atoms with E-state index in [1.54, 1.807) is 41.3 Å². The Morgan fingerprint density at radius 3 is 2.63 bits per heavy atom. The topological polar surface area (TPSA) is 80.6 Å². The molecule has 0 radical (unpaired) electrons. The number of hydrogen-bond acceptors (Lipinski definition) is 6. The Morgan fingerprint density at radius 1 is 1.23 bits per heavy atom. The second-order valence-electron chi connectivity index (χ2n) is 8.35. The van der Waals surface area contributed by atoms with Gasteiger partial charge >= 0.3 is 0 Å². The van der Waals surface area contributed by atoms with E-state index < -0.39 is 11.6 Å². The largest absolute Gasteiger partial charge is 0.494 e. The zero-order valence-corrected chi connectivity index (χ0v) is 20.8. The first-order chi connectivity index (χ1) is 17.0. The molecule has 7 nitrogen and oxygen atoms in total. The fourth-order valence-corrected chi connectivity index (χ4v) is 4.76. The average molecular weight is 519 g/mol. The molecule has 1 amide bonds. The van der Waals surface area contributed by atoms with Crippen LogP contribution >= 0.6 is 23.2 Å². The van der Waals surface area contributed by atoms with Gasteiger partial charge in [-0.1, -0.05) is 35.3 Å². The van der Waals surface area contributed by atoms with Gasteiger partial charge in [0, 0.05) is 53.7 Å². The summed E-state index contributed by atoms with van der Waals surface area (Å²) in [7, 11) is 0. The van der Waals surface area contributed by atoms with E-state index >= 15 is 0 Å². The average Bonchev–Trinajstić information content (AvgIpc) is 3.25. The fraction of sp³-hybridized carbons (Fsp3) is 0.385. The number of carbonyl (C=O) groups is 1. The van der Waals surface area contributed by atoms with Crippen LogP contribution in [0.3, 0.4) is 0 Å². The van der Waals surface area contributed by atoms with Crippen molar-refractivity contribution in [2.75, 3.05) is 39.5 Å². The molecule has 1 fully saturated rings. The number of hydrogen-bond donors (Lipinski definition) is 1. The molecule has 0 unspecified atom stereocenters. The molecule has 9 heteroatoms. The highest BCUT2D eigenvalue weighted by Gasteiger charge is 2.54. The van der Waals surface area contributed by atoms with Crippen LogP contribution in [0.2, 0.25) is 10.0 Å². The van der Waals surface area contributed by atoms with Gasteiger partial charge in [-0.05, 0) is 36.4 Å². The number of carbonyl (C=O) groups excluding carboxylic acids is 1. The summed E-state index contributed by atoms with van der Waals surface area (Å²) < 4.78 is 17.5. The summed E-state index contributed by atoms with van der Waals surface area (Å²) >= 11 is 12.7. The Balaban J connectivity index is 1.73. The van der Waals surface area contributed by atoms with E-state index in [1.165, 1.54) is 0 Å². The van der Waals surface area contributed by atoms with E-state index in [-0.39, 0.29) is 18.9 Å². The Morgan fingerprint density at radius 2 is 1.97 bits per heavy atom. The van der Waals surface area contributed by atoms with Gasteiger partial charge in [-0.3, -0.25) is 4.79 Å². The van der Waals surface area contributed by atoms with Gasteiger partial charge in [0.2, 0.25) is 5.90 Å². The molecule has 2 heterocycles. The van der Waals surface area contributed by atoms with Crippen molar-refractivity contribution in [3.05, 3.63) is 76.3 Å². The lowest BCUT2D eigenvalue weighted by Crippen LogP contribution is -2.53. The fourth-order valence-electron chi connectivity index (χ4n) is 4.25. The van der Waals surface area contributed by atoms with Gasteiger partial charge in [-0.15, -0.1) is 6.58 Å². The second kappa shape index (κ2) is 11.4. The van der Waals surface area contributed by atoms with Crippen LogP contribution in [-0.2, 0) is 14.3 Å². The maximum absolute atomic E-state index is 14.0. The molecule has 35 heavy (non-hydrogen) atoms. The SMILES string of the molecule is C=CC[C@@]1(C(=O)N2CCOCC2)N=C(c2ccc(OCCCO)cc2)O[C@@H]1c1ccc(Cl)cc1Cl. The minimum absolute atomic E-state index is 0.0694. The van der Waals surface area contributed by atoms with Gasteiger partial charge in [0.1, 0.15) is 5.75 Å². The van der Waals surface area contributed by atoms with Crippen molar-refractivity contribution in [2.24, 2.45) is 4.99 Å². The lowest BCUT2D eigenvalue weighted by atomic mass is 9.83. The monoisotopic (exact) mass is 518 g/mol. The summed E-state index contributed by atoms with van der Waals surface area (Å²) in [5.41, 5.74) is 0.0555. The van der Waals surface area contributed by atoms with Gasteiger partial charge in [0.25, 0.3) is 5.91 Å². The highest BCUT2D eigenvalue weighted by atomic mass is 35.5. The van der Waals surface area contributed by atoms with E-state index in [0.717, 1.165) is 0 Å². The lowest BCUT2D eigenvalue weighted by Gasteiger charge is -2.36. The van der Waals surface area contributed by atoms with E-state index in [9.17, 15) is 4.79 Å². The zero-order valence-electron chi connectivity index (χ0n) is 19.3.